The second kappa shape index (κ2) is 10.9. The Kier molecular flexibility index (Phi) is 10.4. The molecule has 4 N–H and O–H groups in total. The van der Waals surface area contributed by atoms with Crippen LogP contribution in [0.1, 0.15) is 51.9 Å². The molecule has 0 spiro atoms. The number of hydrogen-bond acceptors (Lipinski definition) is 2. The van der Waals surface area contributed by atoms with Crippen LogP contribution in [0.3, 0.4) is 0 Å². The highest BCUT2D eigenvalue weighted by Crippen LogP contribution is 2.07. The fourth-order valence-electron chi connectivity index (χ4n) is 2.10. The number of nitrogens with two attached hydrogens (primary N) is 1. The van der Waals surface area contributed by atoms with Crippen molar-refractivity contribution in [2.24, 2.45) is 10.7 Å². The number of rotatable bonds is 5. The molecule has 0 aromatic carbocycles. The zero-order chi connectivity index (χ0) is 13.2. The molecule has 112 valence electrons. The molecule has 0 amide bonds. The van der Waals surface area contributed by atoms with Crippen LogP contribution in [0.25, 0.3) is 0 Å². The summed E-state index contributed by atoms with van der Waals surface area (Å²) in [5.74, 6) is 0.770. The van der Waals surface area contributed by atoms with Crippen LogP contribution in [-0.2, 0) is 0 Å². The lowest BCUT2D eigenvalue weighted by molar-refractivity contribution is 0.334. The van der Waals surface area contributed by atoms with E-state index in [-0.39, 0.29) is 12.4 Å². The number of likely N-dealkylation sites (tertiary alicyclic amines) is 1. The van der Waals surface area contributed by atoms with E-state index in [9.17, 15) is 0 Å². The molecule has 1 aliphatic rings. The highest BCUT2D eigenvalue weighted by molar-refractivity contribution is 5.96. The van der Waals surface area contributed by atoms with Gasteiger partial charge < -0.3 is 10.6 Å². The van der Waals surface area contributed by atoms with E-state index in [4.69, 9.17) is 11.1 Å². The predicted molar refractivity (Wildman–Crippen MR) is 84.2 cm³/mol. The summed E-state index contributed by atoms with van der Waals surface area (Å²) >= 11 is 0. The number of hydrogen-bond donors (Lipinski definition) is 3. The zero-order valence-electron chi connectivity index (χ0n) is 12.0. The van der Waals surface area contributed by atoms with Crippen molar-refractivity contribution in [1.82, 2.24) is 10.2 Å². The number of piperidine rings is 1. The van der Waals surface area contributed by atoms with E-state index in [0.717, 1.165) is 38.9 Å². The molecule has 0 aromatic heterocycles. The quantitative estimate of drug-likeness (QED) is 0.413. The average Bonchev–Trinajstić information content (AvgIpc) is 2.39. The van der Waals surface area contributed by atoms with Crippen LogP contribution in [0.5, 0.6) is 0 Å². The average molecular weight is 290 g/mol. The van der Waals surface area contributed by atoms with Crippen LogP contribution < -0.4 is 11.1 Å². The molecule has 19 heavy (non-hydrogen) atoms. The number of nitrogens with zero attached hydrogens (tertiary/aromatic N) is 2. The molecule has 1 fully saturated rings. The van der Waals surface area contributed by atoms with Gasteiger partial charge in [-0.3, -0.25) is 15.7 Å². The third-order valence-corrected chi connectivity index (χ3v) is 3.21. The van der Waals surface area contributed by atoms with Crippen LogP contribution in [0, 0.1) is 5.41 Å². The van der Waals surface area contributed by atoms with Crippen molar-refractivity contribution in [3.8, 4) is 0 Å². The number of nitrogens with one attached hydrogen (secondary N) is 2. The Morgan fingerprint density at radius 1 is 1.21 bits per heavy atom. The van der Waals surface area contributed by atoms with Gasteiger partial charge in [-0.1, -0.05) is 26.2 Å². The van der Waals surface area contributed by atoms with Crippen molar-refractivity contribution in [3.63, 3.8) is 0 Å². The fraction of sp³-hybridized carbons (Fsp3) is 0.846. The van der Waals surface area contributed by atoms with E-state index < -0.39 is 0 Å². The molecule has 0 bridgehead atoms. The first kappa shape index (κ1) is 18.0. The summed E-state index contributed by atoms with van der Waals surface area (Å²) in [6, 6.07) is 0. The Morgan fingerprint density at radius 3 is 2.53 bits per heavy atom. The lowest BCUT2D eigenvalue weighted by Gasteiger charge is -2.28. The second-order valence-corrected chi connectivity index (χ2v) is 4.85. The first-order chi connectivity index (χ1) is 8.74. The molecule has 5 nitrogen and oxygen atoms in total. The van der Waals surface area contributed by atoms with Gasteiger partial charge in [-0.05, 0) is 25.7 Å². The normalized spacial score (nSPS) is 15.8. The fourth-order valence-corrected chi connectivity index (χ4v) is 2.10. The second-order valence-electron chi connectivity index (χ2n) is 4.85. The van der Waals surface area contributed by atoms with E-state index in [0.29, 0.717) is 11.9 Å². The van der Waals surface area contributed by atoms with E-state index in [1.54, 1.807) is 0 Å². The summed E-state index contributed by atoms with van der Waals surface area (Å²) in [4.78, 5) is 6.28. The number of aliphatic imine (C=N–C) groups is 1. The maximum absolute atomic E-state index is 7.91. The molecule has 0 radical (unpaired) electrons. The number of unbranched alkanes of at least 4 members (excludes halogenated alkanes) is 3. The van der Waals surface area contributed by atoms with Crippen LogP contribution >= 0.6 is 12.4 Å². The molecular formula is C13H28ClN5. The van der Waals surface area contributed by atoms with Crippen LogP contribution in [0.4, 0.5) is 0 Å². The number of halogens is 1. The van der Waals surface area contributed by atoms with E-state index in [2.05, 4.69) is 17.2 Å². The molecule has 0 atom stereocenters. The summed E-state index contributed by atoms with van der Waals surface area (Å²) < 4.78 is 0. The minimum atomic E-state index is 0. The molecule has 1 saturated heterocycles. The van der Waals surface area contributed by atoms with Gasteiger partial charge in [0.1, 0.15) is 0 Å². The van der Waals surface area contributed by atoms with Gasteiger partial charge in [-0.25, -0.2) is 0 Å². The van der Waals surface area contributed by atoms with Crippen molar-refractivity contribution in [3.05, 3.63) is 0 Å². The predicted octanol–water partition coefficient (Wildman–Crippen LogP) is 2.31. The van der Waals surface area contributed by atoms with Gasteiger partial charge in [0.15, 0.2) is 11.9 Å². The molecule has 0 unspecified atom stereocenters. The van der Waals surface area contributed by atoms with E-state index in [1.165, 1.54) is 25.7 Å². The molecule has 6 heteroatoms. The first-order valence-electron chi connectivity index (χ1n) is 7.14. The molecule has 0 saturated carbocycles. The van der Waals surface area contributed by atoms with Gasteiger partial charge in [0.2, 0.25) is 0 Å². The lowest BCUT2D eigenvalue weighted by atomic mass is 10.1. The molecular weight excluding hydrogens is 262 g/mol. The molecule has 1 heterocycles. The largest absolute Gasteiger partial charge is 0.370 e. The van der Waals surface area contributed by atoms with Crippen LogP contribution in [0.15, 0.2) is 4.99 Å². The van der Waals surface area contributed by atoms with Gasteiger partial charge in [0.05, 0.1) is 0 Å². The summed E-state index contributed by atoms with van der Waals surface area (Å²) in [7, 11) is 0. The smallest absolute Gasteiger partial charge is 0.197 e. The van der Waals surface area contributed by atoms with Gasteiger partial charge >= 0.3 is 0 Å². The Bertz CT molecular complexity index is 274. The van der Waals surface area contributed by atoms with Crippen molar-refractivity contribution < 1.29 is 0 Å². The Morgan fingerprint density at radius 2 is 1.89 bits per heavy atom. The lowest BCUT2D eigenvalue weighted by Crippen LogP contribution is -2.48. The topological polar surface area (TPSA) is 77.5 Å². The Balaban J connectivity index is 0.00000324. The molecule has 0 aromatic rings. The van der Waals surface area contributed by atoms with Crippen molar-refractivity contribution in [2.45, 2.75) is 51.9 Å². The minimum Gasteiger partial charge on any atom is -0.370 e. The third-order valence-electron chi connectivity index (χ3n) is 3.21. The first-order valence-corrected chi connectivity index (χ1v) is 7.14. The maximum Gasteiger partial charge on any atom is 0.197 e. The Labute approximate surface area is 122 Å². The molecule has 1 rings (SSSR count). The zero-order valence-corrected chi connectivity index (χ0v) is 12.8. The van der Waals surface area contributed by atoms with Crippen molar-refractivity contribution >= 4 is 24.3 Å². The van der Waals surface area contributed by atoms with Gasteiger partial charge in [-0.2, -0.15) is 0 Å². The molecule has 0 aliphatic carbocycles. The van der Waals surface area contributed by atoms with Crippen molar-refractivity contribution in [2.75, 3.05) is 19.6 Å². The van der Waals surface area contributed by atoms with Gasteiger partial charge in [0, 0.05) is 19.6 Å². The van der Waals surface area contributed by atoms with Crippen LogP contribution in [-0.4, -0.2) is 36.5 Å². The highest BCUT2D eigenvalue weighted by Gasteiger charge is 2.13. The van der Waals surface area contributed by atoms with E-state index in [1.807, 2.05) is 4.90 Å². The SMILES string of the molecule is CCCCCCN=C(N)NC(=N)N1CCCCC1.Cl. The molecule has 1 aliphatic heterocycles. The Hall–Kier alpha value is -0.970. The summed E-state index contributed by atoms with van der Waals surface area (Å²) in [5.41, 5.74) is 5.77. The van der Waals surface area contributed by atoms with Crippen molar-refractivity contribution in [1.29, 1.82) is 5.41 Å². The maximum atomic E-state index is 7.91. The standard InChI is InChI=1S/C13H27N5.ClH/c1-2-3-4-6-9-16-12(14)17-13(15)18-10-7-5-8-11-18;/h2-11H2,1H3,(H4,14,15,16,17);1H. The summed E-state index contributed by atoms with van der Waals surface area (Å²) in [5, 5.41) is 10.8. The highest BCUT2D eigenvalue weighted by atomic mass is 35.5. The summed E-state index contributed by atoms with van der Waals surface area (Å²) in [6.07, 6.45) is 8.37. The van der Waals surface area contributed by atoms with Gasteiger partial charge in [0.25, 0.3) is 0 Å². The monoisotopic (exact) mass is 289 g/mol. The van der Waals surface area contributed by atoms with Crippen LogP contribution in [0.2, 0.25) is 0 Å². The summed E-state index contributed by atoms with van der Waals surface area (Å²) in [6.45, 7) is 4.86. The minimum absolute atomic E-state index is 0. The number of guanidine groups is 2. The van der Waals surface area contributed by atoms with E-state index >= 15 is 0 Å². The van der Waals surface area contributed by atoms with Gasteiger partial charge in [-0.15, -0.1) is 12.4 Å². The third kappa shape index (κ3) is 7.93.